The van der Waals surface area contributed by atoms with Crippen molar-refractivity contribution in [1.82, 2.24) is 4.57 Å². The van der Waals surface area contributed by atoms with Crippen LogP contribution in [0.4, 0.5) is 0 Å². The summed E-state index contributed by atoms with van der Waals surface area (Å²) in [5.41, 5.74) is 1.74. The third kappa shape index (κ3) is 3.23. The summed E-state index contributed by atoms with van der Waals surface area (Å²) < 4.78 is 7.61. The number of aromatic carboxylic acids is 1. The van der Waals surface area contributed by atoms with Crippen LogP contribution in [0.15, 0.2) is 54.7 Å². The van der Waals surface area contributed by atoms with Crippen molar-refractivity contribution in [2.75, 3.05) is 6.61 Å². The summed E-state index contributed by atoms with van der Waals surface area (Å²) >= 11 is 0. The zero-order valence-corrected chi connectivity index (χ0v) is 12.3. The fourth-order valence-corrected chi connectivity index (χ4v) is 2.42. The lowest BCUT2D eigenvalue weighted by molar-refractivity contribution is 0.0697. The molecule has 1 aromatic heterocycles. The Labute approximate surface area is 132 Å². The van der Waals surface area contributed by atoms with E-state index in [0.717, 1.165) is 17.2 Å². The predicted molar refractivity (Wildman–Crippen MR) is 86.2 cm³/mol. The first-order valence-corrected chi connectivity index (χ1v) is 7.17. The van der Waals surface area contributed by atoms with Crippen molar-refractivity contribution < 1.29 is 19.4 Å². The number of carbonyl (C=O) groups is 2. The van der Waals surface area contributed by atoms with Crippen LogP contribution in [-0.2, 0) is 6.54 Å². The normalized spacial score (nSPS) is 10.6. The van der Waals surface area contributed by atoms with Crippen LogP contribution in [0.3, 0.4) is 0 Å². The van der Waals surface area contributed by atoms with Crippen molar-refractivity contribution in [2.24, 2.45) is 0 Å². The van der Waals surface area contributed by atoms with Gasteiger partial charge >= 0.3 is 5.97 Å². The highest BCUT2D eigenvalue weighted by Gasteiger charge is 2.07. The van der Waals surface area contributed by atoms with E-state index >= 15 is 0 Å². The molecule has 0 fully saturated rings. The molecule has 2 aromatic carbocycles. The van der Waals surface area contributed by atoms with Gasteiger partial charge in [0.05, 0.1) is 12.1 Å². The van der Waals surface area contributed by atoms with E-state index < -0.39 is 5.97 Å². The van der Waals surface area contributed by atoms with E-state index in [1.807, 2.05) is 16.8 Å². The molecule has 0 unspecified atom stereocenters. The number of hydrogen-bond acceptors (Lipinski definition) is 3. The molecule has 0 saturated heterocycles. The number of carboxylic acid groups (broad SMARTS) is 1. The van der Waals surface area contributed by atoms with E-state index in [1.54, 1.807) is 42.5 Å². The standard InChI is InChI=1S/C18H15NO4/c20-12-13-1-5-16(6-2-13)23-10-9-19-8-7-14-3-4-15(18(21)22)11-17(14)19/h1-8,11-12H,9-10H2,(H,21,22). The van der Waals surface area contributed by atoms with Gasteiger partial charge in [-0.3, -0.25) is 4.79 Å². The second-order valence-electron chi connectivity index (χ2n) is 5.12. The van der Waals surface area contributed by atoms with Crippen molar-refractivity contribution in [2.45, 2.75) is 6.54 Å². The van der Waals surface area contributed by atoms with Crippen molar-refractivity contribution in [1.29, 1.82) is 0 Å². The molecule has 0 atom stereocenters. The highest BCUT2D eigenvalue weighted by Crippen LogP contribution is 2.18. The number of ether oxygens (including phenoxy) is 1. The number of carbonyl (C=O) groups excluding carboxylic acids is 1. The fourth-order valence-electron chi connectivity index (χ4n) is 2.42. The van der Waals surface area contributed by atoms with Crippen molar-refractivity contribution >= 4 is 23.2 Å². The van der Waals surface area contributed by atoms with Gasteiger partial charge in [-0.05, 0) is 47.9 Å². The van der Waals surface area contributed by atoms with Crippen molar-refractivity contribution in [3.63, 3.8) is 0 Å². The second kappa shape index (κ2) is 6.36. The van der Waals surface area contributed by atoms with Gasteiger partial charge in [-0.2, -0.15) is 0 Å². The Morgan fingerprint density at radius 3 is 2.61 bits per heavy atom. The van der Waals surface area contributed by atoms with Gasteiger partial charge in [0.25, 0.3) is 0 Å². The summed E-state index contributed by atoms with van der Waals surface area (Å²) in [5.74, 6) is -0.246. The molecule has 0 aliphatic heterocycles. The van der Waals surface area contributed by atoms with Gasteiger partial charge in [0.15, 0.2) is 0 Å². The number of aromatic nitrogens is 1. The van der Waals surface area contributed by atoms with E-state index in [4.69, 9.17) is 9.84 Å². The number of nitrogens with zero attached hydrogens (tertiary/aromatic N) is 1. The monoisotopic (exact) mass is 309 g/mol. The summed E-state index contributed by atoms with van der Waals surface area (Å²) in [6.07, 6.45) is 2.70. The fraction of sp³-hybridized carbons (Fsp3) is 0.111. The number of benzene rings is 2. The minimum atomic E-state index is -0.939. The molecule has 1 heterocycles. The van der Waals surface area contributed by atoms with Crippen LogP contribution in [0.25, 0.3) is 10.9 Å². The maximum absolute atomic E-state index is 11.1. The predicted octanol–water partition coefficient (Wildman–Crippen LogP) is 3.23. The van der Waals surface area contributed by atoms with Gasteiger partial charge in [0.2, 0.25) is 0 Å². The number of rotatable bonds is 6. The van der Waals surface area contributed by atoms with Crippen LogP contribution in [0.2, 0.25) is 0 Å². The molecule has 3 rings (SSSR count). The van der Waals surface area contributed by atoms with E-state index in [2.05, 4.69) is 0 Å². The Kier molecular flexibility index (Phi) is 4.10. The zero-order valence-electron chi connectivity index (χ0n) is 12.3. The third-order valence-electron chi connectivity index (χ3n) is 3.64. The Bertz CT molecular complexity index is 849. The largest absolute Gasteiger partial charge is 0.492 e. The van der Waals surface area contributed by atoms with Crippen LogP contribution in [-0.4, -0.2) is 28.5 Å². The average Bonchev–Trinajstić information content (AvgIpc) is 2.98. The molecule has 0 spiro atoms. The van der Waals surface area contributed by atoms with Gasteiger partial charge in [-0.1, -0.05) is 6.07 Å². The minimum absolute atomic E-state index is 0.267. The summed E-state index contributed by atoms with van der Waals surface area (Å²) in [6.45, 7) is 1.05. The maximum atomic E-state index is 11.1. The number of aldehydes is 1. The molecule has 116 valence electrons. The van der Waals surface area contributed by atoms with Crippen molar-refractivity contribution in [3.05, 3.63) is 65.9 Å². The molecular weight excluding hydrogens is 294 g/mol. The van der Waals surface area contributed by atoms with Crippen LogP contribution in [0.1, 0.15) is 20.7 Å². The lowest BCUT2D eigenvalue weighted by Gasteiger charge is -2.09. The van der Waals surface area contributed by atoms with Gasteiger partial charge in [-0.15, -0.1) is 0 Å². The summed E-state index contributed by atoms with van der Waals surface area (Å²) in [5, 5.41) is 10.1. The first-order valence-electron chi connectivity index (χ1n) is 7.17. The van der Waals surface area contributed by atoms with Crippen LogP contribution < -0.4 is 4.74 Å². The molecule has 5 nitrogen and oxygen atoms in total. The van der Waals surface area contributed by atoms with Crippen LogP contribution in [0, 0.1) is 0 Å². The van der Waals surface area contributed by atoms with Gasteiger partial charge < -0.3 is 14.4 Å². The SMILES string of the molecule is O=Cc1ccc(OCCn2ccc3ccc(C(=O)O)cc32)cc1. The number of hydrogen-bond donors (Lipinski definition) is 1. The first-order chi connectivity index (χ1) is 11.2. The lowest BCUT2D eigenvalue weighted by atomic mass is 10.2. The highest BCUT2D eigenvalue weighted by molar-refractivity contribution is 5.93. The first kappa shape index (κ1) is 14.8. The van der Waals surface area contributed by atoms with E-state index in [9.17, 15) is 9.59 Å². The third-order valence-corrected chi connectivity index (χ3v) is 3.64. The minimum Gasteiger partial charge on any atom is -0.492 e. The Morgan fingerprint density at radius 1 is 1.13 bits per heavy atom. The Balaban J connectivity index is 1.70. The molecule has 0 bridgehead atoms. The molecule has 3 aromatic rings. The molecule has 0 aliphatic rings. The van der Waals surface area contributed by atoms with E-state index in [0.29, 0.717) is 24.5 Å². The van der Waals surface area contributed by atoms with Crippen molar-refractivity contribution in [3.8, 4) is 5.75 Å². The molecule has 0 saturated carbocycles. The maximum Gasteiger partial charge on any atom is 0.335 e. The molecule has 0 amide bonds. The second-order valence-corrected chi connectivity index (χ2v) is 5.12. The van der Waals surface area contributed by atoms with E-state index in [1.165, 1.54) is 0 Å². The number of carboxylic acids is 1. The molecular formula is C18H15NO4. The lowest BCUT2D eigenvalue weighted by Crippen LogP contribution is -2.07. The molecule has 0 radical (unpaired) electrons. The van der Waals surface area contributed by atoms with Gasteiger partial charge in [0, 0.05) is 17.3 Å². The summed E-state index contributed by atoms with van der Waals surface area (Å²) in [4.78, 5) is 21.7. The molecule has 5 heteroatoms. The van der Waals surface area contributed by atoms with Crippen LogP contribution in [0.5, 0.6) is 5.75 Å². The smallest absolute Gasteiger partial charge is 0.335 e. The van der Waals surface area contributed by atoms with Crippen LogP contribution >= 0.6 is 0 Å². The molecule has 1 N–H and O–H groups in total. The van der Waals surface area contributed by atoms with Gasteiger partial charge in [-0.25, -0.2) is 4.79 Å². The quantitative estimate of drug-likeness (QED) is 0.710. The Hall–Kier alpha value is -3.08. The number of fused-ring (bicyclic) bond motifs is 1. The summed E-state index contributed by atoms with van der Waals surface area (Å²) in [6, 6.07) is 13.9. The zero-order chi connectivity index (χ0) is 16.2. The topological polar surface area (TPSA) is 68.5 Å². The molecule has 0 aliphatic carbocycles. The van der Waals surface area contributed by atoms with E-state index in [-0.39, 0.29) is 5.56 Å². The highest BCUT2D eigenvalue weighted by atomic mass is 16.5. The Morgan fingerprint density at radius 2 is 1.91 bits per heavy atom. The average molecular weight is 309 g/mol. The summed E-state index contributed by atoms with van der Waals surface area (Å²) in [7, 11) is 0. The van der Waals surface area contributed by atoms with Gasteiger partial charge in [0.1, 0.15) is 18.6 Å². The molecule has 23 heavy (non-hydrogen) atoms.